The molecule has 26 heavy (non-hydrogen) atoms. The van der Waals surface area contributed by atoms with Crippen molar-refractivity contribution in [3.05, 3.63) is 35.4 Å². The number of ether oxygens (including phenoxy) is 1. The van der Waals surface area contributed by atoms with Crippen molar-refractivity contribution in [2.45, 2.75) is 44.2 Å². The van der Waals surface area contributed by atoms with E-state index in [2.05, 4.69) is 4.90 Å². The van der Waals surface area contributed by atoms with Crippen LogP contribution in [0.4, 0.5) is 8.78 Å². The average molecular weight is 364 g/mol. The van der Waals surface area contributed by atoms with E-state index in [0.29, 0.717) is 31.6 Å². The van der Waals surface area contributed by atoms with E-state index in [-0.39, 0.29) is 17.3 Å². The van der Waals surface area contributed by atoms with Gasteiger partial charge in [-0.2, -0.15) is 0 Å². The Morgan fingerprint density at radius 3 is 2.62 bits per heavy atom. The van der Waals surface area contributed by atoms with E-state index in [1.165, 1.54) is 12.1 Å². The lowest BCUT2D eigenvalue weighted by Gasteiger charge is -2.52. The van der Waals surface area contributed by atoms with Gasteiger partial charge in [-0.05, 0) is 56.9 Å². The standard InChI is InChI=1S/C19H27BF2N2O2/c1-3-24-13-19(26-18(2,20)17(24)25)7-10-23(11-8-19)9-6-14-12-15(21)4-5-16(14)22/h4-5,12H,3,6-11,13,20H2,1-2H3. The summed E-state index contributed by atoms with van der Waals surface area (Å²) in [6.07, 6.45) is 2.17. The number of carbonyl (C=O) groups is 1. The van der Waals surface area contributed by atoms with Gasteiger partial charge in [0.1, 0.15) is 17.1 Å². The molecule has 4 nitrogen and oxygen atoms in total. The fourth-order valence-electron chi connectivity index (χ4n) is 4.13. The summed E-state index contributed by atoms with van der Waals surface area (Å²) in [4.78, 5) is 16.6. The van der Waals surface area contributed by atoms with Crippen molar-refractivity contribution < 1.29 is 18.3 Å². The van der Waals surface area contributed by atoms with E-state index in [1.54, 1.807) is 0 Å². The molecule has 2 saturated heterocycles. The van der Waals surface area contributed by atoms with Crippen LogP contribution in [0.3, 0.4) is 0 Å². The fraction of sp³-hybridized carbons (Fsp3) is 0.632. The zero-order valence-corrected chi connectivity index (χ0v) is 15.9. The number of nitrogens with zero attached hydrogens (tertiary/aromatic N) is 2. The third kappa shape index (κ3) is 3.93. The van der Waals surface area contributed by atoms with Crippen LogP contribution in [0, 0.1) is 11.6 Å². The molecule has 1 unspecified atom stereocenters. The van der Waals surface area contributed by atoms with Crippen molar-refractivity contribution in [1.29, 1.82) is 0 Å². The number of hydrogen-bond donors (Lipinski definition) is 0. The van der Waals surface area contributed by atoms with Gasteiger partial charge in [0.25, 0.3) is 0 Å². The Hall–Kier alpha value is -1.47. The van der Waals surface area contributed by atoms with E-state index >= 15 is 0 Å². The third-order valence-corrected chi connectivity index (χ3v) is 5.61. The number of likely N-dealkylation sites (tertiary alicyclic amines) is 1. The highest BCUT2D eigenvalue weighted by Crippen LogP contribution is 2.36. The Balaban J connectivity index is 1.58. The monoisotopic (exact) mass is 364 g/mol. The molecule has 2 fully saturated rings. The van der Waals surface area contributed by atoms with Crippen LogP contribution in [0.2, 0.25) is 0 Å². The van der Waals surface area contributed by atoms with Crippen LogP contribution in [-0.4, -0.2) is 67.4 Å². The Labute approximate surface area is 154 Å². The minimum Gasteiger partial charge on any atom is -0.366 e. The highest BCUT2D eigenvalue weighted by atomic mass is 19.1. The molecule has 2 aliphatic heterocycles. The zero-order valence-electron chi connectivity index (χ0n) is 15.9. The van der Waals surface area contributed by atoms with E-state index in [0.717, 1.165) is 32.0 Å². The lowest BCUT2D eigenvalue weighted by molar-refractivity contribution is -0.200. The minimum atomic E-state index is -0.791. The lowest BCUT2D eigenvalue weighted by atomic mass is 9.76. The summed E-state index contributed by atoms with van der Waals surface area (Å²) in [5, 5.41) is 0. The molecular weight excluding hydrogens is 337 g/mol. The first-order chi connectivity index (χ1) is 12.2. The second-order valence-electron chi connectivity index (χ2n) is 7.94. The molecule has 1 atom stereocenters. The highest BCUT2D eigenvalue weighted by Gasteiger charge is 2.49. The molecule has 2 heterocycles. The summed E-state index contributed by atoms with van der Waals surface area (Å²) in [5.41, 5.74) is -0.669. The Kier molecular flexibility index (Phi) is 5.40. The Morgan fingerprint density at radius 2 is 1.96 bits per heavy atom. The van der Waals surface area contributed by atoms with Crippen LogP contribution in [0.15, 0.2) is 18.2 Å². The van der Waals surface area contributed by atoms with Crippen molar-refractivity contribution in [3.8, 4) is 0 Å². The van der Waals surface area contributed by atoms with Gasteiger partial charge >= 0.3 is 0 Å². The van der Waals surface area contributed by atoms with Gasteiger partial charge in [0.15, 0.2) is 7.85 Å². The molecule has 0 saturated carbocycles. The molecule has 0 bridgehead atoms. The maximum atomic E-state index is 13.8. The van der Waals surface area contributed by atoms with Gasteiger partial charge in [0, 0.05) is 32.7 Å². The average Bonchev–Trinajstić information content (AvgIpc) is 2.60. The first-order valence-electron chi connectivity index (χ1n) is 9.40. The number of carbonyl (C=O) groups excluding carboxylic acids is 1. The zero-order chi connectivity index (χ0) is 18.9. The Bertz CT molecular complexity index is 676. The van der Waals surface area contributed by atoms with Gasteiger partial charge in [0.05, 0.1) is 5.60 Å². The first kappa shape index (κ1) is 19.3. The number of halogens is 2. The van der Waals surface area contributed by atoms with E-state index < -0.39 is 11.3 Å². The number of morpholine rings is 1. The van der Waals surface area contributed by atoms with Crippen LogP contribution >= 0.6 is 0 Å². The number of benzene rings is 1. The molecule has 142 valence electrons. The van der Waals surface area contributed by atoms with Gasteiger partial charge in [-0.15, -0.1) is 0 Å². The molecule has 3 rings (SSSR count). The van der Waals surface area contributed by atoms with E-state index in [4.69, 9.17) is 4.74 Å². The molecule has 7 heteroatoms. The summed E-state index contributed by atoms with van der Waals surface area (Å²) >= 11 is 0. The van der Waals surface area contributed by atoms with E-state index in [9.17, 15) is 13.6 Å². The largest absolute Gasteiger partial charge is 0.366 e. The van der Waals surface area contributed by atoms with Gasteiger partial charge < -0.3 is 14.5 Å². The van der Waals surface area contributed by atoms with Crippen molar-refractivity contribution in [2.75, 3.05) is 32.7 Å². The van der Waals surface area contributed by atoms with Crippen LogP contribution in [-0.2, 0) is 16.0 Å². The molecule has 1 spiro atoms. The van der Waals surface area contributed by atoms with Crippen molar-refractivity contribution in [3.63, 3.8) is 0 Å². The summed E-state index contributed by atoms with van der Waals surface area (Å²) in [7, 11) is 1.85. The van der Waals surface area contributed by atoms with Gasteiger partial charge in [-0.3, -0.25) is 4.79 Å². The van der Waals surface area contributed by atoms with Crippen LogP contribution < -0.4 is 0 Å². The molecule has 0 aliphatic carbocycles. The number of piperidine rings is 1. The molecular formula is C19H27BF2N2O2. The third-order valence-electron chi connectivity index (χ3n) is 5.61. The van der Waals surface area contributed by atoms with Crippen molar-refractivity contribution in [1.82, 2.24) is 9.80 Å². The topological polar surface area (TPSA) is 32.8 Å². The van der Waals surface area contributed by atoms with Crippen molar-refractivity contribution in [2.24, 2.45) is 0 Å². The number of likely N-dealkylation sites (N-methyl/N-ethyl adjacent to an activating group) is 1. The molecule has 0 aromatic heterocycles. The molecule has 0 N–H and O–H groups in total. The molecule has 2 aliphatic rings. The first-order valence-corrected chi connectivity index (χ1v) is 9.40. The Morgan fingerprint density at radius 1 is 1.27 bits per heavy atom. The predicted octanol–water partition coefficient (Wildman–Crippen LogP) is 1.57. The van der Waals surface area contributed by atoms with E-state index in [1.807, 2.05) is 26.6 Å². The molecule has 1 aromatic carbocycles. The number of hydrogen-bond acceptors (Lipinski definition) is 3. The van der Waals surface area contributed by atoms with Crippen LogP contribution in [0.1, 0.15) is 32.3 Å². The SMILES string of the molecule is BC1(C)OC2(CCN(CCc3cc(F)ccc3F)CC2)CN(CC)C1=O. The minimum absolute atomic E-state index is 0.0506. The van der Waals surface area contributed by atoms with Crippen molar-refractivity contribution >= 4 is 13.8 Å². The van der Waals surface area contributed by atoms with Crippen LogP contribution in [0.5, 0.6) is 0 Å². The summed E-state index contributed by atoms with van der Waals surface area (Å²) in [6.45, 7) is 7.52. The smallest absolute Gasteiger partial charge is 0.245 e. The van der Waals surface area contributed by atoms with Gasteiger partial charge in [-0.25, -0.2) is 8.78 Å². The predicted molar refractivity (Wildman–Crippen MR) is 98.8 cm³/mol. The molecule has 1 aromatic rings. The number of amides is 1. The fourth-order valence-corrected chi connectivity index (χ4v) is 4.13. The van der Waals surface area contributed by atoms with Gasteiger partial charge in [-0.1, -0.05) is 0 Å². The van der Waals surface area contributed by atoms with Crippen LogP contribution in [0.25, 0.3) is 0 Å². The second kappa shape index (κ2) is 7.27. The summed E-state index contributed by atoms with van der Waals surface area (Å²) in [5.74, 6) is -0.704. The summed E-state index contributed by atoms with van der Waals surface area (Å²) in [6, 6.07) is 3.61. The van der Waals surface area contributed by atoms with Gasteiger partial charge in [0.2, 0.25) is 5.91 Å². The highest BCUT2D eigenvalue weighted by molar-refractivity contribution is 6.27. The molecule has 0 radical (unpaired) electrons. The normalized spacial score (nSPS) is 26.5. The lowest BCUT2D eigenvalue weighted by Crippen LogP contribution is -2.66. The second-order valence-corrected chi connectivity index (χ2v) is 7.94. The summed E-state index contributed by atoms with van der Waals surface area (Å²) < 4.78 is 33.3. The number of rotatable bonds is 4. The quantitative estimate of drug-likeness (QED) is 0.761. The molecule has 1 amide bonds. The maximum Gasteiger partial charge on any atom is 0.245 e. The maximum absolute atomic E-state index is 13.8.